The number of hydrogen-bond acceptors (Lipinski definition) is 5. The van der Waals surface area contributed by atoms with Crippen LogP contribution in [0.25, 0.3) is 11.1 Å². The summed E-state index contributed by atoms with van der Waals surface area (Å²) in [5.74, 6) is -0.368. The van der Waals surface area contributed by atoms with Crippen molar-refractivity contribution >= 4 is 34.8 Å². The van der Waals surface area contributed by atoms with Gasteiger partial charge in [0.05, 0.1) is 18.8 Å². The zero-order chi connectivity index (χ0) is 17.8. The lowest BCUT2D eigenvalue weighted by Crippen LogP contribution is -2.27. The highest BCUT2D eigenvalue weighted by Crippen LogP contribution is 2.18. The normalized spacial score (nSPS) is 11.1. The van der Waals surface area contributed by atoms with Gasteiger partial charge < -0.3 is 9.15 Å². The second kappa shape index (κ2) is 7.23. The van der Waals surface area contributed by atoms with Gasteiger partial charge in [-0.2, -0.15) is 5.10 Å². The molecule has 8 heteroatoms. The highest BCUT2D eigenvalue weighted by Gasteiger charge is 2.12. The number of fused-ring (bicyclic) bond motifs is 1. The van der Waals surface area contributed by atoms with Gasteiger partial charge in [0.1, 0.15) is 12.3 Å². The molecule has 0 atom stereocenters. The van der Waals surface area contributed by atoms with Crippen molar-refractivity contribution in [3.63, 3.8) is 0 Å². The molecular formula is C17H14ClN3O4. The van der Waals surface area contributed by atoms with Gasteiger partial charge in [0.15, 0.2) is 5.58 Å². The van der Waals surface area contributed by atoms with Gasteiger partial charge in [0.2, 0.25) is 0 Å². The zero-order valence-corrected chi connectivity index (χ0v) is 14.0. The summed E-state index contributed by atoms with van der Waals surface area (Å²) in [7, 11) is 1.58. The zero-order valence-electron chi connectivity index (χ0n) is 13.2. The van der Waals surface area contributed by atoms with Crippen LogP contribution in [0.2, 0.25) is 5.02 Å². The summed E-state index contributed by atoms with van der Waals surface area (Å²) in [5.41, 5.74) is 3.98. The molecule has 7 nitrogen and oxygen atoms in total. The van der Waals surface area contributed by atoms with E-state index in [0.29, 0.717) is 16.1 Å². The molecule has 0 saturated carbocycles. The summed E-state index contributed by atoms with van der Waals surface area (Å²) in [6.07, 6.45) is 1.49. The molecule has 0 fully saturated rings. The van der Waals surface area contributed by atoms with Gasteiger partial charge in [-0.15, -0.1) is 0 Å². The largest absolute Gasteiger partial charge is 0.497 e. The molecule has 3 rings (SSSR count). The van der Waals surface area contributed by atoms with E-state index in [2.05, 4.69) is 10.5 Å². The van der Waals surface area contributed by atoms with Crippen LogP contribution in [0.15, 0.2) is 56.8 Å². The average molecular weight is 360 g/mol. The Balaban J connectivity index is 1.68. The number of methoxy groups -OCH3 is 1. The second-order valence-electron chi connectivity index (χ2n) is 5.13. The summed E-state index contributed by atoms with van der Waals surface area (Å²) < 4.78 is 11.3. The number of hydrogen-bond donors (Lipinski definition) is 1. The number of benzene rings is 2. The van der Waals surface area contributed by atoms with Crippen molar-refractivity contribution in [2.75, 3.05) is 7.11 Å². The van der Waals surface area contributed by atoms with Gasteiger partial charge in [0.25, 0.3) is 5.91 Å². The molecule has 128 valence electrons. The first-order chi connectivity index (χ1) is 12.1. The molecule has 0 aliphatic carbocycles. The quantitative estimate of drug-likeness (QED) is 0.560. The van der Waals surface area contributed by atoms with Crippen LogP contribution in [0.4, 0.5) is 0 Å². The van der Waals surface area contributed by atoms with E-state index in [9.17, 15) is 9.59 Å². The number of oxazole rings is 1. The SMILES string of the molecule is COc1ccc(/C=N/NC(=O)Cn2c(=O)oc3ccc(Cl)cc32)cc1. The Bertz CT molecular complexity index is 989. The maximum Gasteiger partial charge on any atom is 0.420 e. The van der Waals surface area contributed by atoms with Crippen molar-refractivity contribution in [2.45, 2.75) is 6.54 Å². The molecule has 25 heavy (non-hydrogen) atoms. The lowest BCUT2D eigenvalue weighted by molar-refractivity contribution is -0.121. The first-order valence-corrected chi connectivity index (χ1v) is 7.69. The van der Waals surface area contributed by atoms with Crippen molar-refractivity contribution in [2.24, 2.45) is 5.10 Å². The Morgan fingerprint density at radius 2 is 2.08 bits per heavy atom. The predicted molar refractivity (Wildman–Crippen MR) is 94.2 cm³/mol. The maximum atomic E-state index is 12.0. The van der Waals surface area contributed by atoms with Crippen LogP contribution in [0.3, 0.4) is 0 Å². The monoisotopic (exact) mass is 359 g/mol. The highest BCUT2D eigenvalue weighted by atomic mass is 35.5. The van der Waals surface area contributed by atoms with Crippen molar-refractivity contribution < 1.29 is 13.9 Å². The third-order valence-electron chi connectivity index (χ3n) is 3.45. The number of rotatable bonds is 5. The van der Waals surface area contributed by atoms with E-state index in [-0.39, 0.29) is 6.54 Å². The van der Waals surface area contributed by atoms with E-state index in [4.69, 9.17) is 20.8 Å². The van der Waals surface area contributed by atoms with Crippen LogP contribution in [0, 0.1) is 0 Å². The summed E-state index contributed by atoms with van der Waals surface area (Å²) in [4.78, 5) is 23.9. The van der Waals surface area contributed by atoms with E-state index in [1.807, 2.05) is 0 Å². The highest BCUT2D eigenvalue weighted by molar-refractivity contribution is 6.31. The number of carbonyl (C=O) groups is 1. The van der Waals surface area contributed by atoms with Crippen molar-refractivity contribution in [1.29, 1.82) is 0 Å². The fraction of sp³-hybridized carbons (Fsp3) is 0.118. The molecule has 0 bridgehead atoms. The molecular weight excluding hydrogens is 346 g/mol. The van der Waals surface area contributed by atoms with Crippen LogP contribution < -0.4 is 15.9 Å². The number of hydrazone groups is 1. The standard InChI is InChI=1S/C17H14ClN3O4/c1-24-13-5-2-11(3-6-13)9-19-20-16(22)10-21-14-8-12(18)4-7-15(14)25-17(21)23/h2-9H,10H2,1H3,(H,20,22)/b19-9+. The van der Waals surface area contributed by atoms with E-state index in [1.54, 1.807) is 49.6 Å². The molecule has 0 unspecified atom stereocenters. The van der Waals surface area contributed by atoms with Crippen LogP contribution in [-0.4, -0.2) is 23.8 Å². The predicted octanol–water partition coefficient (Wildman–Crippen LogP) is 2.41. The van der Waals surface area contributed by atoms with Gasteiger partial charge in [0, 0.05) is 5.02 Å². The molecule has 0 radical (unpaired) electrons. The lowest BCUT2D eigenvalue weighted by Gasteiger charge is -2.02. The number of amides is 1. The van der Waals surface area contributed by atoms with Gasteiger partial charge in [-0.25, -0.2) is 10.2 Å². The summed E-state index contributed by atoms with van der Waals surface area (Å²) in [6, 6.07) is 11.9. The van der Waals surface area contributed by atoms with Crippen LogP contribution >= 0.6 is 11.6 Å². The minimum absolute atomic E-state index is 0.230. The number of nitrogens with zero attached hydrogens (tertiary/aromatic N) is 2. The number of aromatic nitrogens is 1. The molecule has 3 aromatic rings. The van der Waals surface area contributed by atoms with Crippen LogP contribution in [0.1, 0.15) is 5.56 Å². The van der Waals surface area contributed by atoms with Gasteiger partial charge >= 0.3 is 5.76 Å². The molecule has 1 amide bonds. The molecule has 0 aliphatic heterocycles. The van der Waals surface area contributed by atoms with Gasteiger partial charge in [-0.1, -0.05) is 11.6 Å². The van der Waals surface area contributed by atoms with E-state index in [0.717, 1.165) is 11.3 Å². The third kappa shape index (κ3) is 3.89. The number of carbonyl (C=O) groups excluding carboxylic acids is 1. The first-order valence-electron chi connectivity index (χ1n) is 7.31. The smallest absolute Gasteiger partial charge is 0.420 e. The molecule has 0 aliphatic rings. The van der Waals surface area contributed by atoms with Crippen molar-refractivity contribution in [3.05, 3.63) is 63.6 Å². The Labute approximate surface area is 147 Å². The Morgan fingerprint density at radius 3 is 2.80 bits per heavy atom. The third-order valence-corrected chi connectivity index (χ3v) is 3.68. The molecule has 1 heterocycles. The van der Waals surface area contributed by atoms with Gasteiger partial charge in [-0.05, 0) is 48.0 Å². The lowest BCUT2D eigenvalue weighted by atomic mass is 10.2. The summed E-state index contributed by atoms with van der Waals surface area (Å²) >= 11 is 5.92. The fourth-order valence-electron chi connectivity index (χ4n) is 2.23. The van der Waals surface area contributed by atoms with Crippen LogP contribution in [0.5, 0.6) is 5.75 Å². The first kappa shape index (κ1) is 16.8. The summed E-state index contributed by atoms with van der Waals surface area (Å²) in [5, 5.41) is 4.31. The van der Waals surface area contributed by atoms with Crippen LogP contribution in [-0.2, 0) is 11.3 Å². The van der Waals surface area contributed by atoms with Crippen molar-refractivity contribution in [1.82, 2.24) is 9.99 Å². The minimum atomic E-state index is -0.633. The minimum Gasteiger partial charge on any atom is -0.497 e. The molecule has 1 aromatic heterocycles. The Morgan fingerprint density at radius 1 is 1.32 bits per heavy atom. The second-order valence-corrected chi connectivity index (χ2v) is 5.57. The Hall–Kier alpha value is -3.06. The van der Waals surface area contributed by atoms with E-state index >= 15 is 0 Å². The molecule has 1 N–H and O–H groups in total. The average Bonchev–Trinajstić information content (AvgIpc) is 2.91. The Kier molecular flexibility index (Phi) is 4.85. The number of nitrogens with one attached hydrogen (secondary N) is 1. The summed E-state index contributed by atoms with van der Waals surface area (Å²) in [6.45, 7) is -0.230. The van der Waals surface area contributed by atoms with Gasteiger partial charge in [-0.3, -0.25) is 9.36 Å². The van der Waals surface area contributed by atoms with E-state index < -0.39 is 11.7 Å². The van der Waals surface area contributed by atoms with Crippen molar-refractivity contribution in [3.8, 4) is 5.75 Å². The maximum absolute atomic E-state index is 12.0. The number of ether oxygens (including phenoxy) is 1. The fourth-order valence-corrected chi connectivity index (χ4v) is 2.40. The molecule has 0 spiro atoms. The topological polar surface area (TPSA) is 85.8 Å². The number of halogens is 1. The molecule has 0 saturated heterocycles. The molecule has 2 aromatic carbocycles. The van der Waals surface area contributed by atoms with E-state index in [1.165, 1.54) is 10.8 Å².